The Morgan fingerprint density at radius 2 is 1.79 bits per heavy atom. The third kappa shape index (κ3) is 4.18. The van der Waals surface area contributed by atoms with Gasteiger partial charge < -0.3 is 15.8 Å². The summed E-state index contributed by atoms with van der Waals surface area (Å²) in [5.74, 6) is 2.23. The number of nitrogens with one attached hydrogen (secondary N) is 2. The summed E-state index contributed by atoms with van der Waals surface area (Å²) in [7, 11) is 0. The smallest absolute Gasteiger partial charge is 0.139 e. The van der Waals surface area contributed by atoms with Crippen molar-refractivity contribution in [2.75, 3.05) is 5.32 Å². The first kappa shape index (κ1) is 18.1. The molecule has 0 spiro atoms. The lowest BCUT2D eigenvalue weighted by Crippen LogP contribution is -2.59. The van der Waals surface area contributed by atoms with Gasteiger partial charge in [-0.05, 0) is 42.8 Å². The molecule has 4 rings (SSSR count). The Balaban J connectivity index is 1.50. The van der Waals surface area contributed by atoms with Crippen LogP contribution in [0.5, 0.6) is 11.5 Å². The predicted molar refractivity (Wildman–Crippen MR) is 109 cm³/mol. The molecule has 1 aromatic heterocycles. The van der Waals surface area contributed by atoms with Gasteiger partial charge in [0.1, 0.15) is 23.6 Å². The molecule has 1 fully saturated rings. The van der Waals surface area contributed by atoms with Crippen LogP contribution in [-0.4, -0.2) is 27.8 Å². The van der Waals surface area contributed by atoms with Crippen molar-refractivity contribution in [3.05, 3.63) is 78.2 Å². The van der Waals surface area contributed by atoms with Gasteiger partial charge in [0, 0.05) is 30.6 Å². The van der Waals surface area contributed by atoms with E-state index in [1.807, 2.05) is 54.6 Å². The second-order valence-corrected chi connectivity index (χ2v) is 7.12. The van der Waals surface area contributed by atoms with Crippen LogP contribution in [0.1, 0.15) is 30.4 Å². The first-order valence-electron chi connectivity index (χ1n) is 9.51. The van der Waals surface area contributed by atoms with Crippen LogP contribution in [0, 0.1) is 5.41 Å². The number of nitrogens with zero attached hydrogens (tertiary/aromatic N) is 2. The molecule has 5 N–H and O–H groups in total. The summed E-state index contributed by atoms with van der Waals surface area (Å²) in [6, 6.07) is 18.0. The van der Waals surface area contributed by atoms with Crippen LogP contribution in [0.25, 0.3) is 0 Å². The molecule has 0 radical (unpaired) electrons. The molecule has 0 amide bonds. The van der Waals surface area contributed by atoms with E-state index in [0.29, 0.717) is 29.2 Å². The Kier molecular flexibility index (Phi) is 5.30. The number of rotatable bonds is 6. The SMILES string of the molecule is N=C(c1ccc(Oc2ccccc2)cc1)c1cncnc1NC1CCC([NH3+])C1. The predicted octanol–water partition coefficient (Wildman–Crippen LogP) is 3.26. The highest BCUT2D eigenvalue weighted by molar-refractivity contribution is 6.13. The molecule has 2 unspecified atom stereocenters. The van der Waals surface area contributed by atoms with E-state index in [1.165, 1.54) is 6.33 Å². The number of quaternary nitrogens is 1. The first-order chi connectivity index (χ1) is 13.7. The molecule has 28 heavy (non-hydrogen) atoms. The maximum atomic E-state index is 8.64. The van der Waals surface area contributed by atoms with E-state index in [9.17, 15) is 0 Å². The minimum atomic E-state index is 0.352. The fourth-order valence-electron chi connectivity index (χ4n) is 3.50. The maximum Gasteiger partial charge on any atom is 0.139 e. The molecule has 1 heterocycles. The molecule has 2 aromatic carbocycles. The van der Waals surface area contributed by atoms with Crippen molar-refractivity contribution in [2.45, 2.75) is 31.3 Å². The van der Waals surface area contributed by atoms with E-state index >= 15 is 0 Å². The number of hydrogen-bond acceptors (Lipinski definition) is 5. The zero-order valence-electron chi connectivity index (χ0n) is 15.6. The van der Waals surface area contributed by atoms with Crippen molar-refractivity contribution in [3.63, 3.8) is 0 Å². The van der Waals surface area contributed by atoms with E-state index in [1.54, 1.807) is 6.20 Å². The lowest BCUT2D eigenvalue weighted by Gasteiger charge is -2.16. The second-order valence-electron chi connectivity index (χ2n) is 7.12. The van der Waals surface area contributed by atoms with Gasteiger partial charge in [-0.2, -0.15) is 0 Å². The Morgan fingerprint density at radius 3 is 2.50 bits per heavy atom. The molecule has 1 saturated carbocycles. The quantitative estimate of drug-likeness (QED) is 0.577. The molecule has 0 saturated heterocycles. The monoisotopic (exact) mass is 374 g/mol. The second kappa shape index (κ2) is 8.19. The van der Waals surface area contributed by atoms with Crippen LogP contribution < -0.4 is 15.8 Å². The van der Waals surface area contributed by atoms with Gasteiger partial charge in [-0.1, -0.05) is 18.2 Å². The lowest BCUT2D eigenvalue weighted by atomic mass is 10.0. The fourth-order valence-corrected chi connectivity index (χ4v) is 3.50. The Morgan fingerprint density at radius 1 is 1.04 bits per heavy atom. The zero-order valence-corrected chi connectivity index (χ0v) is 15.6. The normalized spacial score (nSPS) is 18.6. The Bertz CT molecular complexity index is 943. The summed E-state index contributed by atoms with van der Waals surface area (Å²) in [5.41, 5.74) is 6.03. The minimum Gasteiger partial charge on any atom is -0.457 e. The van der Waals surface area contributed by atoms with Gasteiger partial charge >= 0.3 is 0 Å². The number of anilines is 1. The molecule has 1 aliphatic rings. The summed E-state index contributed by atoms with van der Waals surface area (Å²) >= 11 is 0. The number of aromatic nitrogens is 2. The van der Waals surface area contributed by atoms with Gasteiger partial charge in [-0.15, -0.1) is 0 Å². The van der Waals surface area contributed by atoms with Gasteiger partial charge in [0.25, 0.3) is 0 Å². The van der Waals surface area contributed by atoms with Crippen LogP contribution in [0.2, 0.25) is 0 Å². The lowest BCUT2D eigenvalue weighted by molar-refractivity contribution is -0.417. The number of hydrogen-bond donors (Lipinski definition) is 3. The van der Waals surface area contributed by atoms with E-state index in [0.717, 1.165) is 36.3 Å². The van der Waals surface area contributed by atoms with Crippen molar-refractivity contribution in [1.82, 2.24) is 9.97 Å². The Hall–Kier alpha value is -3.25. The molecule has 1 aliphatic carbocycles. The number of ether oxygens (including phenoxy) is 1. The van der Waals surface area contributed by atoms with Crippen molar-refractivity contribution >= 4 is 11.5 Å². The molecule has 0 bridgehead atoms. The summed E-state index contributed by atoms with van der Waals surface area (Å²) in [5, 5.41) is 12.1. The van der Waals surface area contributed by atoms with Crippen LogP contribution in [0.15, 0.2) is 67.1 Å². The Labute approximate surface area is 164 Å². The van der Waals surface area contributed by atoms with Gasteiger partial charge in [0.15, 0.2) is 0 Å². The third-order valence-electron chi connectivity index (χ3n) is 4.99. The first-order valence-corrected chi connectivity index (χ1v) is 9.51. The van der Waals surface area contributed by atoms with E-state index in [2.05, 4.69) is 21.0 Å². The summed E-state index contributed by atoms with van der Waals surface area (Å²) in [6.07, 6.45) is 6.45. The number of para-hydroxylation sites is 1. The van der Waals surface area contributed by atoms with Crippen molar-refractivity contribution < 1.29 is 10.5 Å². The van der Waals surface area contributed by atoms with E-state index in [4.69, 9.17) is 10.1 Å². The van der Waals surface area contributed by atoms with Gasteiger partial charge in [-0.25, -0.2) is 9.97 Å². The van der Waals surface area contributed by atoms with Crippen LogP contribution >= 0.6 is 0 Å². The number of benzene rings is 2. The molecular weight excluding hydrogens is 350 g/mol. The zero-order chi connectivity index (χ0) is 19.3. The molecule has 6 nitrogen and oxygen atoms in total. The van der Waals surface area contributed by atoms with Crippen LogP contribution in [0.4, 0.5) is 5.82 Å². The molecular formula is C22H24N5O+. The molecule has 0 aliphatic heterocycles. The van der Waals surface area contributed by atoms with Crippen LogP contribution in [0.3, 0.4) is 0 Å². The average Bonchev–Trinajstić information content (AvgIpc) is 3.14. The van der Waals surface area contributed by atoms with Crippen molar-refractivity contribution in [3.8, 4) is 11.5 Å². The molecule has 2 atom stereocenters. The van der Waals surface area contributed by atoms with E-state index < -0.39 is 0 Å². The molecule has 142 valence electrons. The van der Waals surface area contributed by atoms with Crippen molar-refractivity contribution in [2.24, 2.45) is 0 Å². The van der Waals surface area contributed by atoms with Gasteiger partial charge in [-0.3, -0.25) is 5.41 Å². The third-order valence-corrected chi connectivity index (χ3v) is 4.99. The fraction of sp³-hybridized carbons (Fsp3) is 0.227. The molecule has 6 heteroatoms. The topological polar surface area (TPSA) is 98.5 Å². The highest BCUT2D eigenvalue weighted by Crippen LogP contribution is 2.25. The molecule has 3 aromatic rings. The largest absolute Gasteiger partial charge is 0.457 e. The van der Waals surface area contributed by atoms with Crippen LogP contribution in [-0.2, 0) is 0 Å². The standard InChI is InChI=1S/C22H23N5O/c23-16-8-9-17(12-16)27-22-20(13-25-14-26-22)21(24)15-6-10-19(11-7-15)28-18-4-2-1-3-5-18/h1-7,10-11,13-14,16-17,24H,8-9,12,23H2,(H,25,26,27)/p+1. The van der Waals surface area contributed by atoms with Gasteiger partial charge in [0.05, 0.1) is 17.3 Å². The van der Waals surface area contributed by atoms with E-state index in [-0.39, 0.29) is 0 Å². The maximum absolute atomic E-state index is 8.64. The van der Waals surface area contributed by atoms with Gasteiger partial charge in [0.2, 0.25) is 0 Å². The van der Waals surface area contributed by atoms with Crippen molar-refractivity contribution in [1.29, 1.82) is 5.41 Å². The summed E-state index contributed by atoms with van der Waals surface area (Å²) in [6.45, 7) is 0. The average molecular weight is 374 g/mol. The highest BCUT2D eigenvalue weighted by Gasteiger charge is 2.25. The summed E-state index contributed by atoms with van der Waals surface area (Å²) < 4.78 is 5.83. The highest BCUT2D eigenvalue weighted by atomic mass is 16.5. The minimum absolute atomic E-state index is 0.352. The summed E-state index contributed by atoms with van der Waals surface area (Å²) in [4.78, 5) is 8.50.